The third kappa shape index (κ3) is 6.42. The first-order chi connectivity index (χ1) is 19.7. The van der Waals surface area contributed by atoms with E-state index >= 15 is 0 Å². The number of hydrogen-bond acceptors (Lipinski definition) is 6. The number of primary amides is 1. The molecule has 0 spiro atoms. The highest BCUT2D eigenvalue weighted by molar-refractivity contribution is 6.07. The molecule has 0 saturated heterocycles. The normalized spacial score (nSPS) is 17.7. The van der Waals surface area contributed by atoms with Crippen molar-refractivity contribution in [2.45, 2.75) is 30.3 Å². The van der Waals surface area contributed by atoms with Gasteiger partial charge in [-0.15, -0.1) is 0 Å². The number of fused-ring (bicyclic) bond motifs is 1. The minimum atomic E-state index is -4.82. The molecule has 0 radical (unpaired) electrons. The first-order valence-electron chi connectivity index (χ1n) is 12.2. The number of Topliss-reactive ketones (excluding diaryl/α,β-unsaturated/α-hetero) is 1. The van der Waals surface area contributed by atoms with Crippen LogP contribution in [0.4, 0.5) is 41.6 Å². The molecule has 1 heterocycles. The second-order valence-electron chi connectivity index (χ2n) is 9.20. The molecule has 2 unspecified atom stereocenters. The van der Waals surface area contributed by atoms with Gasteiger partial charge in [-0.25, -0.2) is 9.59 Å². The predicted octanol–water partition coefficient (Wildman–Crippen LogP) is 6.34. The van der Waals surface area contributed by atoms with Gasteiger partial charge in [0.2, 0.25) is 0 Å². The summed E-state index contributed by atoms with van der Waals surface area (Å²) in [6.45, 7) is -1.14. The number of carbonyl (C=O) groups excluding carboxylic acids is 3. The molecule has 3 N–H and O–H groups in total. The van der Waals surface area contributed by atoms with Gasteiger partial charge in [-0.05, 0) is 42.0 Å². The van der Waals surface area contributed by atoms with Crippen LogP contribution in [0.3, 0.4) is 0 Å². The van der Waals surface area contributed by atoms with Crippen LogP contribution in [0.15, 0.2) is 72.8 Å². The maximum atomic E-state index is 14.2. The lowest BCUT2D eigenvalue weighted by atomic mass is 9.68. The molecule has 0 bridgehead atoms. The maximum absolute atomic E-state index is 14.2. The number of ketones is 1. The summed E-state index contributed by atoms with van der Waals surface area (Å²) in [6, 6.07) is 13.2. The Kier molecular flexibility index (Phi) is 8.36. The highest BCUT2D eigenvalue weighted by atomic mass is 19.4. The van der Waals surface area contributed by atoms with Crippen molar-refractivity contribution < 1.29 is 54.9 Å². The molecule has 3 aromatic rings. The fourth-order valence-corrected chi connectivity index (χ4v) is 4.68. The number of benzene rings is 3. The van der Waals surface area contributed by atoms with Gasteiger partial charge < -0.3 is 19.9 Å². The summed E-state index contributed by atoms with van der Waals surface area (Å²) in [7, 11) is 0. The van der Waals surface area contributed by atoms with E-state index in [1.54, 1.807) is 6.07 Å². The first-order valence-corrected chi connectivity index (χ1v) is 12.2. The topological polar surface area (TPSA) is 117 Å². The molecule has 222 valence electrons. The van der Waals surface area contributed by atoms with Crippen molar-refractivity contribution in [3.63, 3.8) is 0 Å². The van der Waals surface area contributed by atoms with Crippen LogP contribution in [0, 0.1) is 0 Å². The molecule has 1 aliphatic rings. The standard InChI is InChI=1S/C28H22F6N2O6/c29-27(30,31)17-6-3-5-16(13-17)26(11-12-40-21-10-2-1-9-20(21)23(26)37)22(15-41-24(35)38)42-25(39)36-19-8-4-7-18(14-19)28(32,33)34/h1-10,13-14,22H,11-12,15H2,(H2,35,38)(H,36,39). The van der Waals surface area contributed by atoms with E-state index in [4.69, 9.17) is 19.9 Å². The minimum Gasteiger partial charge on any atom is -0.493 e. The zero-order valence-electron chi connectivity index (χ0n) is 21.4. The average Bonchev–Trinajstić information content (AvgIpc) is 3.07. The smallest absolute Gasteiger partial charge is 0.416 e. The number of nitrogens with two attached hydrogens (primary N) is 1. The van der Waals surface area contributed by atoms with Crippen LogP contribution in [-0.2, 0) is 27.2 Å². The van der Waals surface area contributed by atoms with Gasteiger partial charge in [0.25, 0.3) is 0 Å². The summed E-state index contributed by atoms with van der Waals surface area (Å²) in [5.41, 5.74) is 0.141. The zero-order valence-corrected chi connectivity index (χ0v) is 21.4. The summed E-state index contributed by atoms with van der Waals surface area (Å²) < 4.78 is 96.7. The van der Waals surface area contributed by atoms with Crippen molar-refractivity contribution >= 4 is 23.7 Å². The Balaban J connectivity index is 1.82. The molecule has 14 heteroatoms. The van der Waals surface area contributed by atoms with Gasteiger partial charge in [0, 0.05) is 12.1 Å². The third-order valence-corrected chi connectivity index (χ3v) is 6.61. The Morgan fingerprint density at radius 3 is 2.24 bits per heavy atom. The SMILES string of the molecule is NC(=O)OCC(OC(=O)Nc1cccc(C(F)(F)F)c1)C1(c2cccc(C(F)(F)F)c2)CCOc2ccccc2C1=O. The number of hydrogen-bond donors (Lipinski definition) is 2. The van der Waals surface area contributed by atoms with Crippen LogP contribution in [-0.4, -0.2) is 37.3 Å². The number of para-hydroxylation sites is 1. The number of carbonyl (C=O) groups is 3. The van der Waals surface area contributed by atoms with Crippen LogP contribution < -0.4 is 15.8 Å². The fourth-order valence-electron chi connectivity index (χ4n) is 4.68. The molecule has 2 atom stereocenters. The Morgan fingerprint density at radius 1 is 0.929 bits per heavy atom. The molecular weight excluding hydrogens is 574 g/mol. The first kappa shape index (κ1) is 30.2. The molecule has 0 saturated carbocycles. The van der Waals surface area contributed by atoms with Gasteiger partial charge in [0.05, 0.1) is 23.3 Å². The maximum Gasteiger partial charge on any atom is 0.416 e. The van der Waals surface area contributed by atoms with Crippen LogP contribution in [0.25, 0.3) is 0 Å². The summed E-state index contributed by atoms with van der Waals surface area (Å²) in [5.74, 6) is -0.709. The number of alkyl halides is 6. The average molecular weight is 596 g/mol. The number of nitrogens with one attached hydrogen (secondary N) is 1. The molecule has 4 rings (SSSR count). The van der Waals surface area contributed by atoms with E-state index in [-0.39, 0.29) is 35.6 Å². The van der Waals surface area contributed by atoms with Crippen molar-refractivity contribution in [2.24, 2.45) is 5.73 Å². The molecule has 1 aliphatic heterocycles. The number of anilines is 1. The van der Waals surface area contributed by atoms with Crippen molar-refractivity contribution in [1.29, 1.82) is 0 Å². The van der Waals surface area contributed by atoms with E-state index < -0.39 is 59.6 Å². The van der Waals surface area contributed by atoms with Gasteiger partial charge in [0.1, 0.15) is 17.8 Å². The largest absolute Gasteiger partial charge is 0.493 e. The van der Waals surface area contributed by atoms with E-state index in [1.165, 1.54) is 24.3 Å². The molecule has 0 aromatic heterocycles. The van der Waals surface area contributed by atoms with Crippen molar-refractivity contribution in [3.8, 4) is 5.75 Å². The Labute approximate surface area is 234 Å². The Hall–Kier alpha value is -4.75. The lowest BCUT2D eigenvalue weighted by molar-refractivity contribution is -0.138. The second kappa shape index (κ2) is 11.6. The minimum absolute atomic E-state index is 0.0571. The number of amides is 2. The monoisotopic (exact) mass is 596 g/mol. The van der Waals surface area contributed by atoms with Crippen molar-refractivity contribution in [2.75, 3.05) is 18.5 Å². The summed E-state index contributed by atoms with van der Waals surface area (Å²) in [6.07, 6.45) is -14.5. The summed E-state index contributed by atoms with van der Waals surface area (Å²) >= 11 is 0. The molecule has 0 fully saturated rings. The Morgan fingerprint density at radius 2 is 1.57 bits per heavy atom. The van der Waals surface area contributed by atoms with Crippen molar-refractivity contribution in [1.82, 2.24) is 0 Å². The van der Waals surface area contributed by atoms with E-state index in [1.807, 2.05) is 0 Å². The van der Waals surface area contributed by atoms with E-state index in [0.29, 0.717) is 12.1 Å². The van der Waals surface area contributed by atoms with Gasteiger partial charge in [-0.3, -0.25) is 10.1 Å². The fraction of sp³-hybridized carbons (Fsp3) is 0.250. The van der Waals surface area contributed by atoms with Crippen LogP contribution in [0.5, 0.6) is 5.75 Å². The number of rotatable bonds is 6. The predicted molar refractivity (Wildman–Crippen MR) is 135 cm³/mol. The highest BCUT2D eigenvalue weighted by Crippen LogP contribution is 2.43. The van der Waals surface area contributed by atoms with E-state index in [0.717, 1.165) is 30.3 Å². The molecule has 0 aliphatic carbocycles. The molecule has 42 heavy (non-hydrogen) atoms. The van der Waals surface area contributed by atoms with Crippen LogP contribution in [0.2, 0.25) is 0 Å². The Bertz CT molecular complexity index is 1490. The van der Waals surface area contributed by atoms with Gasteiger partial charge in [-0.2, -0.15) is 26.3 Å². The van der Waals surface area contributed by atoms with Crippen molar-refractivity contribution in [3.05, 3.63) is 95.1 Å². The number of halogens is 6. The molecule has 8 nitrogen and oxygen atoms in total. The van der Waals surface area contributed by atoms with Crippen LogP contribution >= 0.6 is 0 Å². The quantitative estimate of drug-likeness (QED) is 0.321. The lowest BCUT2D eigenvalue weighted by Crippen LogP contribution is -2.52. The molecular formula is C28H22F6N2O6. The van der Waals surface area contributed by atoms with Gasteiger partial charge in [0.15, 0.2) is 11.9 Å². The third-order valence-electron chi connectivity index (χ3n) is 6.61. The van der Waals surface area contributed by atoms with Crippen LogP contribution in [0.1, 0.15) is 33.5 Å². The molecule has 2 amide bonds. The summed E-state index contributed by atoms with van der Waals surface area (Å²) in [5, 5.41) is 2.11. The zero-order chi connectivity index (χ0) is 30.7. The van der Waals surface area contributed by atoms with Gasteiger partial charge in [-0.1, -0.05) is 36.4 Å². The molecule has 3 aromatic carbocycles. The lowest BCUT2D eigenvalue weighted by Gasteiger charge is -2.38. The van der Waals surface area contributed by atoms with E-state index in [2.05, 4.69) is 5.32 Å². The second-order valence-corrected chi connectivity index (χ2v) is 9.20. The van der Waals surface area contributed by atoms with E-state index in [9.17, 15) is 40.7 Å². The summed E-state index contributed by atoms with van der Waals surface area (Å²) in [4.78, 5) is 38.8. The van der Waals surface area contributed by atoms with Gasteiger partial charge >= 0.3 is 24.5 Å². The highest BCUT2D eigenvalue weighted by Gasteiger charge is 2.52. The number of ether oxygens (including phenoxy) is 3.